The summed E-state index contributed by atoms with van der Waals surface area (Å²) in [4.78, 5) is 12.2. The van der Waals surface area contributed by atoms with Gasteiger partial charge in [0.2, 0.25) is 5.91 Å². The van der Waals surface area contributed by atoms with Crippen LogP contribution in [0, 0.1) is 6.92 Å². The summed E-state index contributed by atoms with van der Waals surface area (Å²) in [5, 5.41) is 11.2. The van der Waals surface area contributed by atoms with Crippen molar-refractivity contribution in [3.8, 4) is 17.2 Å². The highest BCUT2D eigenvalue weighted by Gasteiger charge is 2.16. The van der Waals surface area contributed by atoms with Gasteiger partial charge in [-0.15, -0.1) is 10.2 Å². The Morgan fingerprint density at radius 2 is 2.12 bits per heavy atom. The van der Waals surface area contributed by atoms with Crippen LogP contribution in [0.15, 0.2) is 50.7 Å². The second kappa shape index (κ2) is 8.09. The molecule has 1 atom stereocenters. The molecule has 1 amide bonds. The summed E-state index contributed by atoms with van der Waals surface area (Å²) in [7, 11) is 1.61. The molecule has 3 aromatic rings. The molecule has 0 spiro atoms. The van der Waals surface area contributed by atoms with Crippen molar-refractivity contribution in [2.45, 2.75) is 25.1 Å². The number of rotatable bonds is 7. The SMILES string of the molecule is COc1ccccc1C(C)NC(=O)CSc1nnc(-c2ccoc2C)o1. The monoisotopic (exact) mass is 373 g/mol. The van der Waals surface area contributed by atoms with Gasteiger partial charge in [0.15, 0.2) is 0 Å². The molecule has 0 saturated carbocycles. The number of ether oxygens (including phenoxy) is 1. The van der Waals surface area contributed by atoms with Crippen molar-refractivity contribution in [3.63, 3.8) is 0 Å². The van der Waals surface area contributed by atoms with Crippen LogP contribution in [0.3, 0.4) is 0 Å². The van der Waals surface area contributed by atoms with Gasteiger partial charge >= 0.3 is 0 Å². The van der Waals surface area contributed by atoms with Crippen molar-refractivity contribution in [1.29, 1.82) is 0 Å². The number of para-hydroxylation sites is 1. The standard InChI is InChI=1S/C18H19N3O4S/c1-11(13-6-4-5-7-15(13)23-3)19-16(22)10-26-18-21-20-17(25-18)14-8-9-24-12(14)2/h4-9,11H,10H2,1-3H3,(H,19,22). The molecule has 0 fully saturated rings. The zero-order chi connectivity index (χ0) is 18.5. The Bertz CT molecular complexity index is 890. The maximum absolute atomic E-state index is 12.2. The molecular formula is C18H19N3O4S. The predicted molar refractivity (Wildman–Crippen MR) is 97.0 cm³/mol. The van der Waals surface area contributed by atoms with Gasteiger partial charge in [-0.1, -0.05) is 30.0 Å². The van der Waals surface area contributed by atoms with Crippen molar-refractivity contribution in [2.75, 3.05) is 12.9 Å². The van der Waals surface area contributed by atoms with Crippen molar-refractivity contribution in [3.05, 3.63) is 47.9 Å². The summed E-state index contributed by atoms with van der Waals surface area (Å²) < 4.78 is 16.1. The number of nitrogens with zero attached hydrogens (tertiary/aromatic N) is 2. The fourth-order valence-electron chi connectivity index (χ4n) is 2.50. The normalized spacial score (nSPS) is 12.0. The number of carbonyl (C=O) groups is 1. The fourth-order valence-corrected chi connectivity index (χ4v) is 3.07. The number of nitrogens with one attached hydrogen (secondary N) is 1. The predicted octanol–water partition coefficient (Wildman–Crippen LogP) is 3.62. The third-order valence-corrected chi connectivity index (χ3v) is 4.62. The minimum Gasteiger partial charge on any atom is -0.496 e. The number of amides is 1. The number of methoxy groups -OCH3 is 1. The van der Waals surface area contributed by atoms with E-state index >= 15 is 0 Å². The average molecular weight is 373 g/mol. The van der Waals surface area contributed by atoms with Crippen LogP contribution in [0.25, 0.3) is 11.5 Å². The number of aryl methyl sites for hydroxylation is 1. The van der Waals surface area contributed by atoms with Crippen LogP contribution < -0.4 is 10.1 Å². The van der Waals surface area contributed by atoms with Crippen molar-refractivity contribution in [2.24, 2.45) is 0 Å². The van der Waals surface area contributed by atoms with E-state index in [0.29, 0.717) is 16.9 Å². The Morgan fingerprint density at radius 3 is 2.85 bits per heavy atom. The van der Waals surface area contributed by atoms with E-state index in [-0.39, 0.29) is 17.7 Å². The van der Waals surface area contributed by atoms with Crippen LogP contribution >= 0.6 is 11.8 Å². The number of aromatic nitrogens is 2. The summed E-state index contributed by atoms with van der Waals surface area (Å²) in [5.41, 5.74) is 1.67. The first kappa shape index (κ1) is 18.1. The molecule has 136 valence electrons. The molecule has 0 aliphatic rings. The third kappa shape index (κ3) is 4.08. The number of benzene rings is 1. The van der Waals surface area contributed by atoms with Gasteiger partial charge in [-0.2, -0.15) is 0 Å². The molecule has 0 aliphatic carbocycles. The summed E-state index contributed by atoms with van der Waals surface area (Å²) >= 11 is 1.19. The molecule has 8 heteroatoms. The molecule has 2 heterocycles. The van der Waals surface area contributed by atoms with Crippen molar-refractivity contribution in [1.82, 2.24) is 15.5 Å². The second-order valence-corrected chi connectivity index (χ2v) is 6.51. The Labute approximate surface area is 155 Å². The largest absolute Gasteiger partial charge is 0.496 e. The van der Waals surface area contributed by atoms with Crippen molar-refractivity contribution < 1.29 is 18.4 Å². The lowest BCUT2D eigenvalue weighted by Crippen LogP contribution is -2.28. The van der Waals surface area contributed by atoms with Crippen LogP contribution in [0.1, 0.15) is 24.3 Å². The molecule has 2 aromatic heterocycles. The Hall–Kier alpha value is -2.74. The van der Waals surface area contributed by atoms with E-state index in [0.717, 1.165) is 16.9 Å². The highest BCUT2D eigenvalue weighted by molar-refractivity contribution is 7.99. The number of furan rings is 1. The summed E-state index contributed by atoms with van der Waals surface area (Å²) in [6.07, 6.45) is 1.56. The quantitative estimate of drug-likeness (QED) is 0.633. The van der Waals surface area contributed by atoms with Gasteiger partial charge in [0.1, 0.15) is 11.5 Å². The lowest BCUT2D eigenvalue weighted by Gasteiger charge is -2.16. The van der Waals surface area contributed by atoms with Gasteiger partial charge < -0.3 is 18.9 Å². The molecule has 7 nitrogen and oxygen atoms in total. The number of hydrogen-bond acceptors (Lipinski definition) is 7. The first-order valence-corrected chi connectivity index (χ1v) is 9.00. The lowest BCUT2D eigenvalue weighted by atomic mass is 10.1. The zero-order valence-electron chi connectivity index (χ0n) is 14.7. The Kier molecular flexibility index (Phi) is 5.62. The number of carbonyl (C=O) groups excluding carboxylic acids is 1. The third-order valence-electron chi connectivity index (χ3n) is 3.81. The van der Waals surface area contributed by atoms with Gasteiger partial charge in [-0.25, -0.2) is 0 Å². The highest BCUT2D eigenvalue weighted by Crippen LogP contribution is 2.27. The minimum absolute atomic E-state index is 0.132. The van der Waals surface area contributed by atoms with Gasteiger partial charge in [0.25, 0.3) is 11.1 Å². The maximum Gasteiger partial charge on any atom is 0.277 e. The van der Waals surface area contributed by atoms with Gasteiger partial charge in [-0.3, -0.25) is 4.79 Å². The van der Waals surface area contributed by atoms with Crippen LogP contribution in [-0.2, 0) is 4.79 Å². The summed E-state index contributed by atoms with van der Waals surface area (Å²) in [6, 6.07) is 9.18. The van der Waals surface area contributed by atoms with Crippen LogP contribution in [0.5, 0.6) is 5.75 Å². The van der Waals surface area contributed by atoms with E-state index in [9.17, 15) is 4.79 Å². The molecule has 3 rings (SSSR count). The molecule has 1 unspecified atom stereocenters. The Balaban J connectivity index is 1.56. The highest BCUT2D eigenvalue weighted by atomic mass is 32.2. The smallest absolute Gasteiger partial charge is 0.277 e. The maximum atomic E-state index is 12.2. The van der Waals surface area contributed by atoms with Crippen molar-refractivity contribution >= 4 is 17.7 Å². The van der Waals surface area contributed by atoms with E-state index < -0.39 is 0 Å². The number of hydrogen-bond donors (Lipinski definition) is 1. The van der Waals surface area contributed by atoms with Gasteiger partial charge in [0, 0.05) is 5.56 Å². The number of thioether (sulfide) groups is 1. The van der Waals surface area contributed by atoms with Gasteiger partial charge in [-0.05, 0) is 26.0 Å². The molecule has 0 aliphatic heterocycles. The van der Waals surface area contributed by atoms with E-state index in [1.54, 1.807) is 19.4 Å². The minimum atomic E-state index is -0.175. The fraction of sp³-hybridized carbons (Fsp3) is 0.278. The molecular weight excluding hydrogens is 354 g/mol. The van der Waals surface area contributed by atoms with Crippen LogP contribution in [0.2, 0.25) is 0 Å². The van der Waals surface area contributed by atoms with E-state index in [1.807, 2.05) is 38.1 Å². The first-order valence-electron chi connectivity index (χ1n) is 8.01. The van der Waals surface area contributed by atoms with E-state index in [4.69, 9.17) is 13.6 Å². The second-order valence-electron chi connectivity index (χ2n) is 5.58. The van der Waals surface area contributed by atoms with Gasteiger partial charge in [0.05, 0.1) is 30.7 Å². The lowest BCUT2D eigenvalue weighted by molar-refractivity contribution is -0.119. The van der Waals surface area contributed by atoms with Crippen LogP contribution in [0.4, 0.5) is 0 Å². The van der Waals surface area contributed by atoms with E-state index in [1.165, 1.54) is 11.8 Å². The van der Waals surface area contributed by atoms with E-state index in [2.05, 4.69) is 15.5 Å². The summed E-state index contributed by atoms with van der Waals surface area (Å²) in [6.45, 7) is 3.73. The molecule has 1 N–H and O–H groups in total. The topological polar surface area (TPSA) is 90.4 Å². The Morgan fingerprint density at radius 1 is 1.31 bits per heavy atom. The zero-order valence-corrected chi connectivity index (χ0v) is 15.5. The molecule has 26 heavy (non-hydrogen) atoms. The molecule has 0 bridgehead atoms. The average Bonchev–Trinajstić information content (AvgIpc) is 3.28. The van der Waals surface area contributed by atoms with Crippen LogP contribution in [-0.4, -0.2) is 29.0 Å². The molecule has 0 saturated heterocycles. The first-order chi connectivity index (χ1) is 12.6. The summed E-state index contributed by atoms with van der Waals surface area (Å²) in [5.74, 6) is 1.86. The molecule has 1 aromatic carbocycles. The molecule has 0 radical (unpaired) electrons.